The molecule has 76 valence electrons. The first-order valence-corrected chi connectivity index (χ1v) is 5.48. The summed E-state index contributed by atoms with van der Waals surface area (Å²) in [6.07, 6.45) is 0. The Bertz CT molecular complexity index is 499. The molecule has 4 heteroatoms. The standard InChI is InChI=1S/C11H8INO2/c12-11-9(6-15-7-14)5-8-3-1-2-4-10(8)13-11/h1-5,7H,6H2. The first-order chi connectivity index (χ1) is 7.31. The quantitative estimate of drug-likeness (QED) is 0.496. The van der Waals surface area contributed by atoms with Crippen LogP contribution in [0.4, 0.5) is 0 Å². The van der Waals surface area contributed by atoms with E-state index >= 15 is 0 Å². The van der Waals surface area contributed by atoms with E-state index in [-0.39, 0.29) is 6.61 Å². The van der Waals surface area contributed by atoms with Gasteiger partial charge in [0.05, 0.1) is 5.52 Å². The lowest BCUT2D eigenvalue weighted by Gasteiger charge is -2.04. The van der Waals surface area contributed by atoms with Crippen molar-refractivity contribution in [1.82, 2.24) is 4.98 Å². The number of halogens is 1. The molecule has 2 rings (SSSR count). The number of carbonyl (C=O) groups excluding carboxylic acids is 1. The number of ether oxygens (including phenoxy) is 1. The van der Waals surface area contributed by atoms with Crippen molar-refractivity contribution < 1.29 is 9.53 Å². The Morgan fingerprint density at radius 3 is 3.00 bits per heavy atom. The predicted molar refractivity (Wildman–Crippen MR) is 65.3 cm³/mol. The number of para-hydroxylation sites is 1. The highest BCUT2D eigenvalue weighted by Gasteiger charge is 2.03. The Labute approximate surface area is 101 Å². The van der Waals surface area contributed by atoms with Crippen LogP contribution in [0.25, 0.3) is 10.9 Å². The largest absolute Gasteiger partial charge is 0.463 e. The molecule has 1 aromatic heterocycles. The van der Waals surface area contributed by atoms with Gasteiger partial charge in [0.15, 0.2) is 0 Å². The van der Waals surface area contributed by atoms with Crippen LogP contribution in [0.15, 0.2) is 30.3 Å². The number of fused-ring (bicyclic) bond motifs is 1. The summed E-state index contributed by atoms with van der Waals surface area (Å²) in [6.45, 7) is 0.727. The van der Waals surface area contributed by atoms with Gasteiger partial charge < -0.3 is 4.74 Å². The molecule has 1 heterocycles. The Balaban J connectivity index is 2.47. The number of nitrogens with zero attached hydrogens (tertiary/aromatic N) is 1. The maximum Gasteiger partial charge on any atom is 0.293 e. The lowest BCUT2D eigenvalue weighted by Crippen LogP contribution is -1.96. The minimum atomic E-state index is 0.277. The highest BCUT2D eigenvalue weighted by Crippen LogP contribution is 2.18. The number of benzene rings is 1. The number of carbonyl (C=O) groups is 1. The van der Waals surface area contributed by atoms with Gasteiger partial charge in [-0.1, -0.05) is 18.2 Å². The molecule has 2 aromatic rings. The summed E-state index contributed by atoms with van der Waals surface area (Å²) in [7, 11) is 0. The zero-order valence-corrected chi connectivity index (χ0v) is 9.97. The average Bonchev–Trinajstić information content (AvgIpc) is 2.26. The van der Waals surface area contributed by atoms with Crippen LogP contribution in [-0.4, -0.2) is 11.5 Å². The van der Waals surface area contributed by atoms with Gasteiger partial charge in [0, 0.05) is 10.9 Å². The van der Waals surface area contributed by atoms with Crippen LogP contribution in [0.2, 0.25) is 0 Å². The van der Waals surface area contributed by atoms with Gasteiger partial charge in [0.25, 0.3) is 6.47 Å². The lowest BCUT2D eigenvalue weighted by atomic mass is 10.2. The summed E-state index contributed by atoms with van der Waals surface area (Å²) in [4.78, 5) is 14.5. The van der Waals surface area contributed by atoms with E-state index in [9.17, 15) is 4.79 Å². The Morgan fingerprint density at radius 1 is 1.40 bits per heavy atom. The summed E-state index contributed by atoms with van der Waals surface area (Å²) in [5, 5.41) is 1.06. The van der Waals surface area contributed by atoms with Crippen LogP contribution < -0.4 is 0 Å². The normalized spacial score (nSPS) is 10.2. The lowest BCUT2D eigenvalue weighted by molar-refractivity contribution is -0.129. The Kier molecular flexibility index (Phi) is 3.15. The first-order valence-electron chi connectivity index (χ1n) is 4.40. The van der Waals surface area contributed by atoms with Gasteiger partial charge in [0.1, 0.15) is 10.3 Å². The first kappa shape index (κ1) is 10.4. The van der Waals surface area contributed by atoms with E-state index in [4.69, 9.17) is 4.74 Å². The molecule has 0 aliphatic carbocycles. The Morgan fingerprint density at radius 2 is 2.20 bits per heavy atom. The molecule has 3 nitrogen and oxygen atoms in total. The van der Waals surface area contributed by atoms with Gasteiger partial charge in [-0.2, -0.15) is 0 Å². The van der Waals surface area contributed by atoms with E-state index in [0.717, 1.165) is 20.2 Å². The molecular formula is C11H8INO2. The smallest absolute Gasteiger partial charge is 0.293 e. The van der Waals surface area contributed by atoms with Crippen LogP contribution in [0, 0.1) is 3.70 Å². The van der Waals surface area contributed by atoms with E-state index in [1.165, 1.54) is 0 Å². The van der Waals surface area contributed by atoms with Crippen molar-refractivity contribution in [2.75, 3.05) is 0 Å². The van der Waals surface area contributed by atoms with Gasteiger partial charge in [-0.3, -0.25) is 4.79 Å². The Hall–Kier alpha value is -1.17. The van der Waals surface area contributed by atoms with Crippen molar-refractivity contribution in [3.05, 3.63) is 39.6 Å². The van der Waals surface area contributed by atoms with Crippen LogP contribution in [0.1, 0.15) is 5.56 Å². The van der Waals surface area contributed by atoms with Crippen LogP contribution in [0.5, 0.6) is 0 Å². The minimum Gasteiger partial charge on any atom is -0.463 e. The van der Waals surface area contributed by atoms with Gasteiger partial charge in [0.2, 0.25) is 0 Å². The van der Waals surface area contributed by atoms with Crippen molar-refractivity contribution in [3.63, 3.8) is 0 Å². The number of hydrogen-bond acceptors (Lipinski definition) is 3. The molecule has 0 fully saturated rings. The summed E-state index contributed by atoms with van der Waals surface area (Å²) in [5.74, 6) is 0. The summed E-state index contributed by atoms with van der Waals surface area (Å²) < 4.78 is 5.59. The number of rotatable bonds is 3. The fraction of sp³-hybridized carbons (Fsp3) is 0.0909. The molecule has 0 aliphatic rings. The fourth-order valence-corrected chi connectivity index (χ4v) is 1.93. The molecule has 0 N–H and O–H groups in total. The van der Waals surface area contributed by atoms with Crippen LogP contribution >= 0.6 is 22.6 Å². The third-order valence-electron chi connectivity index (χ3n) is 2.06. The molecule has 0 bridgehead atoms. The topological polar surface area (TPSA) is 39.2 Å². The van der Waals surface area contributed by atoms with E-state index in [1.54, 1.807) is 0 Å². The van der Waals surface area contributed by atoms with Crippen molar-refractivity contribution in [3.8, 4) is 0 Å². The average molecular weight is 313 g/mol. The van der Waals surface area contributed by atoms with Crippen LogP contribution in [-0.2, 0) is 16.1 Å². The van der Waals surface area contributed by atoms with Gasteiger partial charge in [-0.15, -0.1) is 0 Å². The zero-order chi connectivity index (χ0) is 10.7. The fourth-order valence-electron chi connectivity index (χ4n) is 1.36. The highest BCUT2D eigenvalue weighted by atomic mass is 127. The maximum absolute atomic E-state index is 10.1. The van der Waals surface area contributed by atoms with E-state index < -0.39 is 0 Å². The van der Waals surface area contributed by atoms with Gasteiger partial charge in [-0.25, -0.2) is 4.98 Å². The summed E-state index contributed by atoms with van der Waals surface area (Å²) in [5.41, 5.74) is 1.89. The van der Waals surface area contributed by atoms with Gasteiger partial charge >= 0.3 is 0 Å². The van der Waals surface area contributed by atoms with Crippen molar-refractivity contribution >= 4 is 40.0 Å². The molecule has 0 aliphatic heterocycles. The van der Waals surface area contributed by atoms with Gasteiger partial charge in [-0.05, 0) is 34.7 Å². The number of aromatic nitrogens is 1. The zero-order valence-electron chi connectivity index (χ0n) is 7.81. The summed E-state index contributed by atoms with van der Waals surface area (Å²) in [6, 6.07) is 9.85. The molecule has 15 heavy (non-hydrogen) atoms. The number of hydrogen-bond donors (Lipinski definition) is 0. The molecular weight excluding hydrogens is 305 g/mol. The molecule has 0 saturated heterocycles. The number of pyridine rings is 1. The van der Waals surface area contributed by atoms with Crippen molar-refractivity contribution in [2.45, 2.75) is 6.61 Å². The minimum absolute atomic E-state index is 0.277. The van der Waals surface area contributed by atoms with Crippen LogP contribution in [0.3, 0.4) is 0 Å². The van der Waals surface area contributed by atoms with E-state index in [1.807, 2.05) is 30.3 Å². The third kappa shape index (κ3) is 2.26. The molecule has 0 atom stereocenters. The molecule has 0 radical (unpaired) electrons. The summed E-state index contributed by atoms with van der Waals surface area (Å²) >= 11 is 2.14. The second kappa shape index (κ2) is 4.57. The van der Waals surface area contributed by atoms with Crippen molar-refractivity contribution in [1.29, 1.82) is 0 Å². The molecule has 0 saturated carbocycles. The highest BCUT2D eigenvalue weighted by molar-refractivity contribution is 14.1. The maximum atomic E-state index is 10.1. The SMILES string of the molecule is O=COCc1cc2ccccc2nc1I. The molecule has 1 aromatic carbocycles. The van der Waals surface area contributed by atoms with E-state index in [2.05, 4.69) is 27.6 Å². The molecule has 0 amide bonds. The second-order valence-corrected chi connectivity index (χ2v) is 4.06. The van der Waals surface area contributed by atoms with Crippen molar-refractivity contribution in [2.24, 2.45) is 0 Å². The molecule has 0 spiro atoms. The second-order valence-electron chi connectivity index (χ2n) is 3.04. The van der Waals surface area contributed by atoms with E-state index in [0.29, 0.717) is 6.47 Å². The predicted octanol–water partition coefficient (Wildman–Crippen LogP) is 2.51. The third-order valence-corrected chi connectivity index (χ3v) is 2.99. The molecule has 0 unspecified atom stereocenters. The monoisotopic (exact) mass is 313 g/mol.